The van der Waals surface area contributed by atoms with Crippen LogP contribution in [0, 0.1) is 5.92 Å². The van der Waals surface area contributed by atoms with Gasteiger partial charge in [0.05, 0.1) is 25.5 Å². The Morgan fingerprint density at radius 2 is 1.71 bits per heavy atom. The van der Waals surface area contributed by atoms with Crippen LogP contribution in [-0.2, 0) is 16.1 Å². The summed E-state index contributed by atoms with van der Waals surface area (Å²) in [6, 6.07) is 14.2. The van der Waals surface area contributed by atoms with Crippen molar-refractivity contribution in [3.05, 3.63) is 59.8 Å². The van der Waals surface area contributed by atoms with Crippen LogP contribution in [0.4, 0.5) is 5.69 Å². The van der Waals surface area contributed by atoms with Crippen LogP contribution in [0.5, 0.6) is 11.5 Å². The Hall–Kier alpha value is -3.81. The van der Waals surface area contributed by atoms with E-state index in [4.69, 9.17) is 18.7 Å². The second kappa shape index (κ2) is 9.80. The van der Waals surface area contributed by atoms with Crippen molar-refractivity contribution in [3.63, 3.8) is 0 Å². The van der Waals surface area contributed by atoms with Crippen LogP contribution in [0.3, 0.4) is 0 Å². The Kier molecular flexibility index (Phi) is 6.92. The molecule has 162 valence electrons. The van der Waals surface area contributed by atoms with Gasteiger partial charge in [0.2, 0.25) is 5.91 Å². The molecule has 0 aliphatic carbocycles. The SMILES string of the molecule is COc1cc(NC(=O)C(C)C)c(C(=O)OCc2cc(-c3ccccc3)on2)cc1OC. The number of anilines is 1. The van der Waals surface area contributed by atoms with Crippen LogP contribution in [0.25, 0.3) is 11.3 Å². The third-order valence-corrected chi connectivity index (χ3v) is 4.49. The molecule has 1 N–H and O–H groups in total. The first-order chi connectivity index (χ1) is 14.9. The standard InChI is InChI=1S/C23H24N2O6/c1-14(2)22(26)24-18-12-21(29-4)20(28-3)11-17(18)23(27)30-13-16-10-19(31-25-16)15-8-6-5-7-9-15/h5-12,14H,13H2,1-4H3,(H,24,26). The van der Waals surface area contributed by atoms with Crippen molar-refractivity contribution in [2.75, 3.05) is 19.5 Å². The Labute approximate surface area is 180 Å². The smallest absolute Gasteiger partial charge is 0.340 e. The van der Waals surface area contributed by atoms with Gasteiger partial charge in [0.1, 0.15) is 12.3 Å². The Balaban J connectivity index is 1.80. The van der Waals surface area contributed by atoms with Gasteiger partial charge in [0.25, 0.3) is 0 Å². The molecular weight excluding hydrogens is 400 g/mol. The summed E-state index contributed by atoms with van der Waals surface area (Å²) < 4.78 is 21.3. The van der Waals surface area contributed by atoms with Gasteiger partial charge in [0, 0.05) is 29.7 Å². The number of hydrogen-bond acceptors (Lipinski definition) is 7. The van der Waals surface area contributed by atoms with E-state index in [1.807, 2.05) is 30.3 Å². The van der Waals surface area contributed by atoms with Crippen LogP contribution in [0.15, 0.2) is 53.1 Å². The van der Waals surface area contributed by atoms with Gasteiger partial charge in [-0.15, -0.1) is 0 Å². The highest BCUT2D eigenvalue weighted by atomic mass is 16.5. The number of carbonyl (C=O) groups excluding carboxylic acids is 2. The van der Waals surface area contributed by atoms with Gasteiger partial charge < -0.3 is 24.1 Å². The zero-order valence-electron chi connectivity index (χ0n) is 17.8. The van der Waals surface area contributed by atoms with Crippen molar-refractivity contribution in [1.29, 1.82) is 0 Å². The molecule has 8 nitrogen and oxygen atoms in total. The zero-order chi connectivity index (χ0) is 22.4. The summed E-state index contributed by atoms with van der Waals surface area (Å²) in [5, 5.41) is 6.68. The monoisotopic (exact) mass is 424 g/mol. The van der Waals surface area contributed by atoms with Crippen LogP contribution >= 0.6 is 0 Å². The number of rotatable bonds is 8. The molecule has 0 aliphatic heterocycles. The van der Waals surface area contributed by atoms with Gasteiger partial charge in [-0.2, -0.15) is 0 Å². The minimum absolute atomic E-state index is 0.0962. The number of hydrogen-bond donors (Lipinski definition) is 1. The van der Waals surface area contributed by atoms with Gasteiger partial charge >= 0.3 is 5.97 Å². The average molecular weight is 424 g/mol. The summed E-state index contributed by atoms with van der Waals surface area (Å²) in [5.41, 5.74) is 1.73. The number of amides is 1. The van der Waals surface area contributed by atoms with E-state index >= 15 is 0 Å². The van der Waals surface area contributed by atoms with E-state index in [9.17, 15) is 9.59 Å². The molecule has 1 aromatic heterocycles. The molecule has 0 saturated heterocycles. The average Bonchev–Trinajstić information content (AvgIpc) is 3.26. The maximum Gasteiger partial charge on any atom is 0.340 e. The molecule has 0 spiro atoms. The van der Waals surface area contributed by atoms with E-state index in [1.165, 1.54) is 26.4 Å². The molecule has 0 atom stereocenters. The lowest BCUT2D eigenvalue weighted by Gasteiger charge is -2.16. The molecule has 0 radical (unpaired) electrons. The number of carbonyl (C=O) groups is 2. The van der Waals surface area contributed by atoms with Crippen molar-refractivity contribution in [1.82, 2.24) is 5.16 Å². The topological polar surface area (TPSA) is 99.9 Å². The number of methoxy groups -OCH3 is 2. The van der Waals surface area contributed by atoms with Crippen molar-refractivity contribution in [3.8, 4) is 22.8 Å². The fourth-order valence-electron chi connectivity index (χ4n) is 2.76. The summed E-state index contributed by atoms with van der Waals surface area (Å²) in [4.78, 5) is 25.0. The molecule has 1 amide bonds. The van der Waals surface area contributed by atoms with Gasteiger partial charge in [-0.05, 0) is 0 Å². The summed E-state index contributed by atoms with van der Waals surface area (Å²) in [6.45, 7) is 3.41. The molecule has 0 aliphatic rings. The summed E-state index contributed by atoms with van der Waals surface area (Å²) in [7, 11) is 2.93. The summed E-state index contributed by atoms with van der Waals surface area (Å²) >= 11 is 0. The lowest BCUT2D eigenvalue weighted by molar-refractivity contribution is -0.118. The molecule has 2 aromatic carbocycles. The maximum atomic E-state index is 12.8. The summed E-state index contributed by atoms with van der Waals surface area (Å²) in [6.07, 6.45) is 0. The molecule has 31 heavy (non-hydrogen) atoms. The molecule has 1 heterocycles. The van der Waals surface area contributed by atoms with Crippen molar-refractivity contribution >= 4 is 17.6 Å². The fraction of sp³-hybridized carbons (Fsp3) is 0.261. The van der Waals surface area contributed by atoms with Crippen molar-refractivity contribution in [2.45, 2.75) is 20.5 Å². The highest BCUT2D eigenvalue weighted by Gasteiger charge is 2.21. The largest absolute Gasteiger partial charge is 0.493 e. The normalized spacial score (nSPS) is 10.6. The quantitative estimate of drug-likeness (QED) is 0.538. The number of aromatic nitrogens is 1. The number of nitrogens with zero attached hydrogens (tertiary/aromatic N) is 1. The molecule has 8 heteroatoms. The lowest BCUT2D eigenvalue weighted by Crippen LogP contribution is -2.20. The molecule has 0 unspecified atom stereocenters. The van der Waals surface area contributed by atoms with E-state index in [0.717, 1.165) is 5.56 Å². The minimum atomic E-state index is -0.649. The number of ether oxygens (including phenoxy) is 3. The van der Waals surface area contributed by atoms with E-state index in [-0.39, 0.29) is 29.7 Å². The third kappa shape index (κ3) is 5.22. The second-order valence-electron chi connectivity index (χ2n) is 7.02. The molecule has 3 aromatic rings. The first kappa shape index (κ1) is 21.9. The number of nitrogens with one attached hydrogen (secondary N) is 1. The number of esters is 1. The maximum absolute atomic E-state index is 12.8. The van der Waals surface area contributed by atoms with Crippen LogP contribution in [-0.4, -0.2) is 31.3 Å². The van der Waals surface area contributed by atoms with E-state index in [2.05, 4.69) is 10.5 Å². The third-order valence-electron chi connectivity index (χ3n) is 4.49. The van der Waals surface area contributed by atoms with E-state index in [0.29, 0.717) is 23.0 Å². The molecule has 3 rings (SSSR count). The Bertz CT molecular complexity index is 1060. The first-order valence-corrected chi connectivity index (χ1v) is 9.68. The van der Waals surface area contributed by atoms with Gasteiger partial charge in [0.15, 0.2) is 17.3 Å². The number of benzene rings is 2. The molecule has 0 fully saturated rings. The minimum Gasteiger partial charge on any atom is -0.493 e. The zero-order valence-corrected chi connectivity index (χ0v) is 17.8. The Morgan fingerprint density at radius 1 is 1.03 bits per heavy atom. The second-order valence-corrected chi connectivity index (χ2v) is 7.02. The van der Waals surface area contributed by atoms with Crippen LogP contribution < -0.4 is 14.8 Å². The fourth-order valence-corrected chi connectivity index (χ4v) is 2.76. The lowest BCUT2D eigenvalue weighted by atomic mass is 10.1. The highest BCUT2D eigenvalue weighted by Crippen LogP contribution is 2.34. The summed E-state index contributed by atoms with van der Waals surface area (Å²) in [5.74, 6) is 0.118. The molecular formula is C23H24N2O6. The highest BCUT2D eigenvalue weighted by molar-refractivity contribution is 6.02. The van der Waals surface area contributed by atoms with Crippen LogP contribution in [0.2, 0.25) is 0 Å². The molecule has 0 saturated carbocycles. The Morgan fingerprint density at radius 3 is 2.35 bits per heavy atom. The first-order valence-electron chi connectivity index (χ1n) is 9.68. The predicted octanol–water partition coefficient (Wildman–Crippen LogP) is 4.31. The van der Waals surface area contributed by atoms with Crippen molar-refractivity contribution in [2.24, 2.45) is 5.92 Å². The van der Waals surface area contributed by atoms with E-state index in [1.54, 1.807) is 19.9 Å². The van der Waals surface area contributed by atoms with E-state index < -0.39 is 5.97 Å². The predicted molar refractivity (Wildman–Crippen MR) is 114 cm³/mol. The van der Waals surface area contributed by atoms with Crippen LogP contribution in [0.1, 0.15) is 29.9 Å². The van der Waals surface area contributed by atoms with Gasteiger partial charge in [-0.1, -0.05) is 49.3 Å². The van der Waals surface area contributed by atoms with Gasteiger partial charge in [-0.3, -0.25) is 4.79 Å². The molecule has 0 bridgehead atoms. The van der Waals surface area contributed by atoms with Gasteiger partial charge in [-0.25, -0.2) is 4.79 Å². The van der Waals surface area contributed by atoms with Crippen molar-refractivity contribution < 1.29 is 28.3 Å².